The van der Waals surface area contributed by atoms with Crippen LogP contribution in [-0.2, 0) is 0 Å². The number of aromatic nitrogens is 2. The molecule has 0 aliphatic heterocycles. The van der Waals surface area contributed by atoms with E-state index in [2.05, 4.69) is 9.97 Å². The topological polar surface area (TPSA) is 48.9 Å². The number of phenolic OH excluding ortho intramolecular Hbond substituents is 1. The lowest BCUT2D eigenvalue weighted by Gasteiger charge is -1.99. The van der Waals surface area contributed by atoms with Crippen LogP contribution in [0.5, 0.6) is 5.75 Å². The molecule has 1 heterocycles. The zero-order chi connectivity index (χ0) is 12.7. The second kappa shape index (κ2) is 4.24. The lowest BCUT2D eigenvalue weighted by molar-refractivity contribution is 0.471. The van der Waals surface area contributed by atoms with Gasteiger partial charge < -0.3 is 10.1 Å². The van der Waals surface area contributed by atoms with Crippen LogP contribution >= 0.6 is 22.6 Å². The van der Waals surface area contributed by atoms with Crippen LogP contribution in [0.3, 0.4) is 0 Å². The molecule has 3 rings (SSSR count). The molecule has 0 radical (unpaired) electrons. The van der Waals surface area contributed by atoms with Gasteiger partial charge in [0.05, 0.1) is 9.09 Å². The fourth-order valence-electron chi connectivity index (χ4n) is 1.79. The van der Waals surface area contributed by atoms with Crippen molar-refractivity contribution in [2.24, 2.45) is 0 Å². The molecule has 1 aromatic heterocycles. The molecule has 0 atom stereocenters. The van der Waals surface area contributed by atoms with Crippen LogP contribution in [0.15, 0.2) is 36.4 Å². The Morgan fingerprint density at radius 1 is 1.22 bits per heavy atom. The summed E-state index contributed by atoms with van der Waals surface area (Å²) in [5.74, 6) is 0.376. The van der Waals surface area contributed by atoms with E-state index in [1.54, 1.807) is 24.3 Å². The highest BCUT2D eigenvalue weighted by atomic mass is 127. The first-order valence-electron chi connectivity index (χ1n) is 5.28. The van der Waals surface area contributed by atoms with E-state index in [-0.39, 0.29) is 11.6 Å². The molecule has 0 amide bonds. The van der Waals surface area contributed by atoms with E-state index in [0.29, 0.717) is 16.9 Å². The molecule has 2 aromatic carbocycles. The van der Waals surface area contributed by atoms with E-state index < -0.39 is 0 Å². The minimum absolute atomic E-state index is 0.189. The molecule has 0 fully saturated rings. The molecular formula is C13H8FIN2O. The van der Waals surface area contributed by atoms with E-state index in [1.165, 1.54) is 6.07 Å². The van der Waals surface area contributed by atoms with Crippen molar-refractivity contribution in [3.05, 3.63) is 45.8 Å². The highest BCUT2D eigenvalue weighted by molar-refractivity contribution is 14.1. The van der Waals surface area contributed by atoms with Crippen LogP contribution in [0.4, 0.5) is 4.39 Å². The maximum Gasteiger partial charge on any atom is 0.151 e. The van der Waals surface area contributed by atoms with Gasteiger partial charge in [-0.15, -0.1) is 0 Å². The number of H-pyrrole nitrogens is 1. The van der Waals surface area contributed by atoms with E-state index in [9.17, 15) is 9.50 Å². The average Bonchev–Trinajstić information content (AvgIpc) is 2.78. The summed E-state index contributed by atoms with van der Waals surface area (Å²) < 4.78 is 14.3. The summed E-state index contributed by atoms with van der Waals surface area (Å²) in [5.41, 5.74) is 1.68. The third-order valence-electron chi connectivity index (χ3n) is 2.68. The van der Waals surface area contributed by atoms with Crippen molar-refractivity contribution < 1.29 is 9.50 Å². The summed E-state index contributed by atoms with van der Waals surface area (Å²) in [7, 11) is 0. The number of para-hydroxylation sites is 1. The summed E-state index contributed by atoms with van der Waals surface area (Å²) in [5, 5.41) is 9.67. The van der Waals surface area contributed by atoms with Crippen molar-refractivity contribution in [2.45, 2.75) is 0 Å². The Balaban J connectivity index is 2.19. The summed E-state index contributed by atoms with van der Waals surface area (Å²) in [6.45, 7) is 0. The number of phenols is 1. The number of rotatable bonds is 1. The molecule has 0 aliphatic carbocycles. The standard InChI is InChI=1S/C13H8FIN2O/c14-8-2-1-3-10-12(8)17-13(16-10)7-4-5-9(15)11(18)6-7/h1-6,18H,(H,16,17). The molecule has 90 valence electrons. The number of hydrogen-bond donors (Lipinski definition) is 2. The van der Waals surface area contributed by atoms with Gasteiger partial charge in [-0.05, 0) is 52.9 Å². The number of halogens is 2. The van der Waals surface area contributed by atoms with Gasteiger partial charge in [0.25, 0.3) is 0 Å². The van der Waals surface area contributed by atoms with Crippen LogP contribution in [0, 0.1) is 9.39 Å². The zero-order valence-electron chi connectivity index (χ0n) is 9.11. The minimum Gasteiger partial charge on any atom is -0.507 e. The number of nitrogens with zero attached hydrogens (tertiary/aromatic N) is 1. The Bertz CT molecular complexity index is 739. The maximum atomic E-state index is 13.5. The fourth-order valence-corrected chi connectivity index (χ4v) is 2.13. The Kier molecular flexibility index (Phi) is 2.70. The monoisotopic (exact) mass is 354 g/mol. The van der Waals surface area contributed by atoms with Gasteiger partial charge in [-0.3, -0.25) is 0 Å². The van der Waals surface area contributed by atoms with E-state index in [1.807, 2.05) is 28.7 Å². The lowest BCUT2D eigenvalue weighted by atomic mass is 10.2. The van der Waals surface area contributed by atoms with Crippen LogP contribution in [0.1, 0.15) is 0 Å². The molecule has 0 bridgehead atoms. The second-order valence-electron chi connectivity index (χ2n) is 3.89. The molecule has 0 saturated heterocycles. The van der Waals surface area contributed by atoms with Gasteiger partial charge in [0.1, 0.15) is 17.1 Å². The van der Waals surface area contributed by atoms with Crippen molar-refractivity contribution in [1.82, 2.24) is 9.97 Å². The summed E-state index contributed by atoms with van der Waals surface area (Å²) in [4.78, 5) is 7.24. The van der Waals surface area contributed by atoms with E-state index in [4.69, 9.17) is 0 Å². The molecular weight excluding hydrogens is 346 g/mol. The molecule has 2 N–H and O–H groups in total. The number of aromatic amines is 1. The predicted octanol–water partition coefficient (Wildman–Crippen LogP) is 3.68. The Labute approximate surface area is 116 Å². The Morgan fingerprint density at radius 3 is 2.78 bits per heavy atom. The number of fused-ring (bicyclic) bond motifs is 1. The largest absolute Gasteiger partial charge is 0.507 e. The molecule has 0 unspecified atom stereocenters. The first-order chi connectivity index (χ1) is 8.65. The normalized spacial score (nSPS) is 11.0. The molecule has 0 spiro atoms. The second-order valence-corrected chi connectivity index (χ2v) is 5.05. The minimum atomic E-state index is -0.357. The smallest absolute Gasteiger partial charge is 0.151 e. The number of imidazole rings is 1. The fraction of sp³-hybridized carbons (Fsp3) is 0. The molecule has 0 aliphatic rings. The highest BCUT2D eigenvalue weighted by Crippen LogP contribution is 2.27. The number of nitrogens with one attached hydrogen (secondary N) is 1. The van der Waals surface area contributed by atoms with Gasteiger partial charge in [0.15, 0.2) is 5.82 Å². The quantitative estimate of drug-likeness (QED) is 0.655. The van der Waals surface area contributed by atoms with Crippen molar-refractivity contribution in [3.8, 4) is 17.1 Å². The van der Waals surface area contributed by atoms with Crippen molar-refractivity contribution in [3.63, 3.8) is 0 Å². The summed E-state index contributed by atoms with van der Waals surface area (Å²) in [6, 6.07) is 9.99. The van der Waals surface area contributed by atoms with E-state index >= 15 is 0 Å². The summed E-state index contributed by atoms with van der Waals surface area (Å²) >= 11 is 2.04. The maximum absolute atomic E-state index is 13.5. The van der Waals surface area contributed by atoms with Crippen LogP contribution in [0.2, 0.25) is 0 Å². The average molecular weight is 354 g/mol. The third kappa shape index (κ3) is 1.84. The van der Waals surface area contributed by atoms with Crippen molar-refractivity contribution in [1.29, 1.82) is 0 Å². The van der Waals surface area contributed by atoms with Crippen molar-refractivity contribution in [2.75, 3.05) is 0 Å². The van der Waals surface area contributed by atoms with Gasteiger partial charge in [-0.1, -0.05) is 6.07 Å². The van der Waals surface area contributed by atoms with Crippen LogP contribution in [0.25, 0.3) is 22.4 Å². The highest BCUT2D eigenvalue weighted by Gasteiger charge is 2.09. The predicted molar refractivity (Wildman–Crippen MR) is 75.9 cm³/mol. The lowest BCUT2D eigenvalue weighted by Crippen LogP contribution is -1.82. The van der Waals surface area contributed by atoms with Gasteiger partial charge in [-0.25, -0.2) is 9.37 Å². The molecule has 3 nitrogen and oxygen atoms in total. The van der Waals surface area contributed by atoms with E-state index in [0.717, 1.165) is 9.13 Å². The summed E-state index contributed by atoms with van der Waals surface area (Å²) in [6.07, 6.45) is 0. The Morgan fingerprint density at radius 2 is 2.06 bits per heavy atom. The van der Waals surface area contributed by atoms with Gasteiger partial charge in [0, 0.05) is 5.56 Å². The zero-order valence-corrected chi connectivity index (χ0v) is 11.3. The first-order valence-corrected chi connectivity index (χ1v) is 6.36. The molecule has 3 aromatic rings. The number of hydrogen-bond acceptors (Lipinski definition) is 2. The van der Waals surface area contributed by atoms with Gasteiger partial charge in [-0.2, -0.15) is 0 Å². The van der Waals surface area contributed by atoms with Gasteiger partial charge in [0.2, 0.25) is 0 Å². The van der Waals surface area contributed by atoms with Crippen molar-refractivity contribution >= 4 is 33.6 Å². The molecule has 0 saturated carbocycles. The SMILES string of the molecule is Oc1cc(-c2nc3c(F)cccc3[nH]2)ccc1I. The Hall–Kier alpha value is -1.63. The number of aromatic hydroxyl groups is 1. The molecule has 18 heavy (non-hydrogen) atoms. The van der Waals surface area contributed by atoms with Crippen LogP contribution < -0.4 is 0 Å². The number of benzene rings is 2. The molecule has 5 heteroatoms. The first kappa shape index (κ1) is 11.5. The van der Waals surface area contributed by atoms with Crippen LogP contribution in [-0.4, -0.2) is 15.1 Å². The third-order valence-corrected chi connectivity index (χ3v) is 3.60. The van der Waals surface area contributed by atoms with Gasteiger partial charge >= 0.3 is 0 Å².